The highest BCUT2D eigenvalue weighted by molar-refractivity contribution is 9.11. The Bertz CT molecular complexity index is 650. The van der Waals surface area contributed by atoms with Gasteiger partial charge < -0.3 is 9.84 Å². The van der Waals surface area contributed by atoms with Crippen LogP contribution in [0.5, 0.6) is 0 Å². The van der Waals surface area contributed by atoms with Crippen molar-refractivity contribution in [2.24, 2.45) is 0 Å². The summed E-state index contributed by atoms with van der Waals surface area (Å²) in [5, 5.41) is 9.69. The molecule has 3 heterocycles. The van der Waals surface area contributed by atoms with Crippen molar-refractivity contribution in [3.63, 3.8) is 0 Å². The summed E-state index contributed by atoms with van der Waals surface area (Å²) in [5.41, 5.74) is 0.600. The molecule has 1 unspecified atom stereocenters. The van der Waals surface area contributed by atoms with Crippen molar-refractivity contribution < 1.29 is 9.32 Å². The lowest BCUT2D eigenvalue weighted by Gasteiger charge is -2.20. The Morgan fingerprint density at radius 3 is 2.95 bits per heavy atom. The normalized spacial score (nSPS) is 18.9. The number of hydrogen-bond acceptors (Lipinski definition) is 6. The van der Waals surface area contributed by atoms with Crippen molar-refractivity contribution in [3.05, 3.63) is 27.1 Å². The van der Waals surface area contributed by atoms with Gasteiger partial charge in [-0.05, 0) is 37.9 Å². The summed E-state index contributed by atoms with van der Waals surface area (Å²) in [5.74, 6) is 0.785. The van der Waals surface area contributed by atoms with Crippen LogP contribution in [0.1, 0.15) is 11.9 Å². The summed E-state index contributed by atoms with van der Waals surface area (Å²) in [6.07, 6.45) is 1.66. The molecular weight excluding hydrogens is 394 g/mol. The SMILES string of the molecule is O=C1CNC(c2nc(-c3ncc(Br)cc3Br)no2)CN1. The van der Waals surface area contributed by atoms with E-state index in [1.807, 2.05) is 6.07 Å². The zero-order valence-corrected chi connectivity index (χ0v) is 13.2. The first-order valence-corrected chi connectivity index (χ1v) is 7.37. The molecule has 2 aromatic heterocycles. The van der Waals surface area contributed by atoms with E-state index >= 15 is 0 Å². The quantitative estimate of drug-likeness (QED) is 0.788. The lowest BCUT2D eigenvalue weighted by Crippen LogP contribution is -2.47. The first kappa shape index (κ1) is 13.7. The second kappa shape index (κ2) is 5.58. The van der Waals surface area contributed by atoms with E-state index in [-0.39, 0.29) is 18.5 Å². The molecule has 0 aromatic carbocycles. The van der Waals surface area contributed by atoms with Crippen molar-refractivity contribution >= 4 is 37.8 Å². The monoisotopic (exact) mass is 401 g/mol. The molecular formula is C11H9Br2N5O2. The minimum absolute atomic E-state index is 0.0432. The van der Waals surface area contributed by atoms with Crippen molar-refractivity contribution in [3.8, 4) is 11.5 Å². The Morgan fingerprint density at radius 2 is 2.25 bits per heavy atom. The fraction of sp³-hybridized carbons (Fsp3) is 0.273. The number of carbonyl (C=O) groups excluding carboxylic acids is 1. The predicted molar refractivity (Wildman–Crippen MR) is 76.7 cm³/mol. The second-order valence-electron chi connectivity index (χ2n) is 4.18. The van der Waals surface area contributed by atoms with Crippen LogP contribution in [-0.2, 0) is 4.79 Å². The lowest BCUT2D eigenvalue weighted by atomic mass is 10.2. The van der Waals surface area contributed by atoms with Gasteiger partial charge in [-0.25, -0.2) is 0 Å². The minimum Gasteiger partial charge on any atom is -0.353 e. The molecule has 9 heteroatoms. The highest BCUT2D eigenvalue weighted by atomic mass is 79.9. The molecule has 1 aliphatic rings. The third-order valence-electron chi connectivity index (χ3n) is 2.77. The molecule has 1 saturated heterocycles. The zero-order valence-electron chi connectivity index (χ0n) is 10.1. The molecule has 1 amide bonds. The van der Waals surface area contributed by atoms with Crippen LogP contribution in [0.25, 0.3) is 11.5 Å². The number of carbonyl (C=O) groups is 1. The van der Waals surface area contributed by atoms with E-state index in [4.69, 9.17) is 4.52 Å². The van der Waals surface area contributed by atoms with Crippen molar-refractivity contribution in [1.29, 1.82) is 0 Å². The summed E-state index contributed by atoms with van der Waals surface area (Å²) >= 11 is 6.75. The summed E-state index contributed by atoms with van der Waals surface area (Å²) in [4.78, 5) is 19.7. The average molecular weight is 403 g/mol. The number of pyridine rings is 1. The molecule has 0 radical (unpaired) electrons. The van der Waals surface area contributed by atoms with E-state index in [0.29, 0.717) is 24.0 Å². The Kier molecular flexibility index (Phi) is 3.81. The summed E-state index contributed by atoms with van der Waals surface area (Å²) < 4.78 is 6.85. The fourth-order valence-electron chi connectivity index (χ4n) is 1.79. The summed E-state index contributed by atoms with van der Waals surface area (Å²) in [6.45, 7) is 0.665. The molecule has 0 aliphatic carbocycles. The minimum atomic E-state index is -0.178. The molecule has 2 N–H and O–H groups in total. The van der Waals surface area contributed by atoms with Gasteiger partial charge >= 0.3 is 0 Å². The first-order chi connectivity index (χ1) is 9.63. The van der Waals surface area contributed by atoms with Gasteiger partial charge in [-0.3, -0.25) is 15.1 Å². The van der Waals surface area contributed by atoms with Gasteiger partial charge in [-0.1, -0.05) is 5.16 Å². The van der Waals surface area contributed by atoms with Crippen molar-refractivity contribution in [1.82, 2.24) is 25.8 Å². The summed E-state index contributed by atoms with van der Waals surface area (Å²) in [6, 6.07) is 1.68. The number of aromatic nitrogens is 3. The van der Waals surface area contributed by atoms with Crippen LogP contribution < -0.4 is 10.6 Å². The highest BCUT2D eigenvalue weighted by Gasteiger charge is 2.25. The third kappa shape index (κ3) is 2.74. The Morgan fingerprint density at radius 1 is 1.40 bits per heavy atom. The predicted octanol–water partition coefficient (Wildman–Crippen LogP) is 1.42. The molecule has 0 spiro atoms. The molecule has 1 atom stereocenters. The summed E-state index contributed by atoms with van der Waals surface area (Å²) in [7, 11) is 0. The molecule has 0 saturated carbocycles. The standard InChI is InChI=1S/C11H9Br2N5O2/c12-5-1-6(13)9(16-2-5)10-17-11(20-18-10)7-3-15-8(19)4-14-7/h1-2,7,14H,3-4H2,(H,15,19). The van der Waals surface area contributed by atoms with Gasteiger partial charge in [0.1, 0.15) is 11.7 Å². The van der Waals surface area contributed by atoms with Gasteiger partial charge in [0, 0.05) is 21.7 Å². The van der Waals surface area contributed by atoms with Crippen LogP contribution in [0.4, 0.5) is 0 Å². The molecule has 0 bridgehead atoms. The highest BCUT2D eigenvalue weighted by Crippen LogP contribution is 2.27. The average Bonchev–Trinajstić information content (AvgIpc) is 2.89. The second-order valence-corrected chi connectivity index (χ2v) is 5.95. The molecule has 104 valence electrons. The number of nitrogens with one attached hydrogen (secondary N) is 2. The largest absolute Gasteiger partial charge is 0.353 e. The Labute approximate surface area is 130 Å². The van der Waals surface area contributed by atoms with Gasteiger partial charge in [0.2, 0.25) is 17.6 Å². The smallest absolute Gasteiger partial charge is 0.245 e. The first-order valence-electron chi connectivity index (χ1n) is 5.78. The molecule has 7 nitrogen and oxygen atoms in total. The van der Waals surface area contributed by atoms with Crippen LogP contribution in [0.15, 0.2) is 25.7 Å². The van der Waals surface area contributed by atoms with Gasteiger partial charge in [0.25, 0.3) is 0 Å². The van der Waals surface area contributed by atoms with Gasteiger partial charge in [0.05, 0.1) is 6.54 Å². The van der Waals surface area contributed by atoms with Gasteiger partial charge in [-0.2, -0.15) is 4.98 Å². The van der Waals surface area contributed by atoms with E-state index in [9.17, 15) is 4.79 Å². The molecule has 1 aliphatic heterocycles. The fourth-order valence-corrected chi connectivity index (χ4v) is 2.96. The molecule has 20 heavy (non-hydrogen) atoms. The zero-order chi connectivity index (χ0) is 14.1. The molecule has 2 aromatic rings. The van der Waals surface area contributed by atoms with Crippen LogP contribution in [-0.4, -0.2) is 34.1 Å². The van der Waals surface area contributed by atoms with Crippen molar-refractivity contribution in [2.45, 2.75) is 6.04 Å². The maximum Gasteiger partial charge on any atom is 0.245 e. The van der Waals surface area contributed by atoms with Gasteiger partial charge in [0.15, 0.2) is 0 Å². The Balaban J connectivity index is 1.84. The number of piperazine rings is 1. The van der Waals surface area contributed by atoms with Crippen molar-refractivity contribution in [2.75, 3.05) is 13.1 Å². The molecule has 1 fully saturated rings. The number of rotatable bonds is 2. The molecule has 3 rings (SSSR count). The van der Waals surface area contributed by atoms with E-state index in [0.717, 1.165) is 8.95 Å². The van der Waals surface area contributed by atoms with Crippen LogP contribution in [0, 0.1) is 0 Å². The number of amides is 1. The maximum absolute atomic E-state index is 11.1. The van der Waals surface area contributed by atoms with E-state index in [1.54, 1.807) is 6.20 Å². The number of nitrogens with zero attached hydrogens (tertiary/aromatic N) is 3. The maximum atomic E-state index is 11.1. The third-order valence-corrected chi connectivity index (χ3v) is 3.81. The Hall–Kier alpha value is -1.32. The lowest BCUT2D eigenvalue weighted by molar-refractivity contribution is -0.121. The van der Waals surface area contributed by atoms with E-state index in [2.05, 4.69) is 57.6 Å². The van der Waals surface area contributed by atoms with Crippen LogP contribution in [0.2, 0.25) is 0 Å². The number of hydrogen-bond donors (Lipinski definition) is 2. The van der Waals surface area contributed by atoms with E-state index < -0.39 is 0 Å². The topological polar surface area (TPSA) is 92.9 Å². The van der Waals surface area contributed by atoms with Crippen LogP contribution in [0.3, 0.4) is 0 Å². The van der Waals surface area contributed by atoms with Crippen LogP contribution >= 0.6 is 31.9 Å². The van der Waals surface area contributed by atoms with E-state index in [1.165, 1.54) is 0 Å². The number of halogens is 2. The van der Waals surface area contributed by atoms with Gasteiger partial charge in [-0.15, -0.1) is 0 Å².